The van der Waals surface area contributed by atoms with E-state index in [0.29, 0.717) is 11.6 Å². The number of nitrogens with zero attached hydrogens (tertiary/aromatic N) is 2. The van der Waals surface area contributed by atoms with Crippen LogP contribution in [0, 0.1) is 0 Å². The second-order valence-corrected chi connectivity index (χ2v) is 8.67. The van der Waals surface area contributed by atoms with Crippen LogP contribution in [0.5, 0.6) is 11.5 Å². The third kappa shape index (κ3) is 3.22. The van der Waals surface area contributed by atoms with Crippen LogP contribution in [0.15, 0.2) is 78.9 Å². The molecule has 158 valence electrons. The van der Waals surface area contributed by atoms with Gasteiger partial charge >= 0.3 is 0 Å². The monoisotopic (exact) mass is 441 g/mol. The van der Waals surface area contributed by atoms with Crippen LogP contribution in [0.4, 0.5) is 5.82 Å². The lowest BCUT2D eigenvalue weighted by Crippen LogP contribution is -2.15. The lowest BCUT2D eigenvalue weighted by molar-refractivity contribution is -0.113. The quantitative estimate of drug-likeness (QED) is 0.482. The molecule has 1 N–H and O–H groups in total. The van der Waals surface area contributed by atoms with Gasteiger partial charge in [-0.2, -0.15) is 5.10 Å². The molecular formula is C25H19N3O3S. The van der Waals surface area contributed by atoms with E-state index in [1.165, 1.54) is 0 Å². The van der Waals surface area contributed by atoms with Crippen molar-refractivity contribution in [2.45, 2.75) is 5.25 Å². The number of benzene rings is 3. The molecule has 0 bridgehead atoms. The SMILES string of the molecule is O=C1CS[C@@H](c2ccc3c(c2)OCO3)c2c(-c3ccccc3)nn(-c3ccccc3)c2N1. The number of thioether (sulfide) groups is 1. The van der Waals surface area contributed by atoms with E-state index in [-0.39, 0.29) is 18.0 Å². The molecule has 0 radical (unpaired) electrons. The lowest BCUT2D eigenvalue weighted by atomic mass is 9.99. The third-order valence-electron chi connectivity index (χ3n) is 5.57. The van der Waals surface area contributed by atoms with Crippen LogP contribution >= 0.6 is 11.8 Å². The van der Waals surface area contributed by atoms with Crippen molar-refractivity contribution in [1.29, 1.82) is 0 Å². The van der Waals surface area contributed by atoms with Crippen LogP contribution in [0.3, 0.4) is 0 Å². The van der Waals surface area contributed by atoms with Crippen LogP contribution in [0.25, 0.3) is 16.9 Å². The van der Waals surface area contributed by atoms with E-state index in [1.54, 1.807) is 11.8 Å². The molecular weight excluding hydrogens is 422 g/mol. The first kappa shape index (κ1) is 19.0. The first-order valence-electron chi connectivity index (χ1n) is 10.3. The van der Waals surface area contributed by atoms with Crippen LogP contribution in [0.1, 0.15) is 16.4 Å². The number of anilines is 1. The Morgan fingerprint density at radius 3 is 2.50 bits per heavy atom. The summed E-state index contributed by atoms with van der Waals surface area (Å²) in [4.78, 5) is 12.7. The molecule has 3 heterocycles. The van der Waals surface area contributed by atoms with E-state index in [2.05, 4.69) is 5.32 Å². The Labute approximate surface area is 189 Å². The maximum atomic E-state index is 12.7. The number of aromatic nitrogens is 2. The minimum atomic E-state index is -0.105. The maximum Gasteiger partial charge on any atom is 0.235 e. The fourth-order valence-corrected chi connectivity index (χ4v) is 5.23. The van der Waals surface area contributed by atoms with E-state index >= 15 is 0 Å². The van der Waals surface area contributed by atoms with Gasteiger partial charge in [0.05, 0.1) is 22.4 Å². The zero-order chi connectivity index (χ0) is 21.5. The lowest BCUT2D eigenvalue weighted by Gasteiger charge is -2.17. The molecule has 32 heavy (non-hydrogen) atoms. The maximum absolute atomic E-state index is 12.7. The molecule has 6 nitrogen and oxygen atoms in total. The van der Waals surface area contributed by atoms with E-state index in [1.807, 2.05) is 83.5 Å². The fourth-order valence-electron chi connectivity index (χ4n) is 4.11. The number of amides is 1. The predicted octanol–water partition coefficient (Wildman–Crippen LogP) is 5.04. The predicted molar refractivity (Wildman–Crippen MR) is 124 cm³/mol. The standard InChI is InChI=1S/C25H19N3O3S/c29-21-14-32-24(17-11-12-19-20(13-17)31-15-30-19)22-23(16-7-3-1-4-8-16)27-28(25(22)26-21)18-9-5-2-6-10-18/h1-13,24H,14-15H2,(H,26,29)/t24-/m0/s1. The number of ether oxygens (including phenoxy) is 2. The Balaban J connectivity index is 1.60. The Kier molecular flexibility index (Phi) is 4.61. The number of rotatable bonds is 3. The largest absolute Gasteiger partial charge is 0.454 e. The molecule has 2 aliphatic rings. The number of fused-ring (bicyclic) bond motifs is 2. The number of carbonyl (C=O) groups excluding carboxylic acids is 1. The van der Waals surface area contributed by atoms with E-state index in [0.717, 1.165) is 39.6 Å². The second kappa shape index (κ2) is 7.76. The molecule has 0 aliphatic carbocycles. The van der Waals surface area contributed by atoms with Gasteiger partial charge in [0.1, 0.15) is 5.82 Å². The minimum Gasteiger partial charge on any atom is -0.454 e. The van der Waals surface area contributed by atoms with E-state index < -0.39 is 0 Å². The van der Waals surface area contributed by atoms with Gasteiger partial charge in [0, 0.05) is 11.1 Å². The van der Waals surface area contributed by atoms with Crippen molar-refractivity contribution in [3.63, 3.8) is 0 Å². The van der Waals surface area contributed by atoms with Gasteiger partial charge in [-0.3, -0.25) is 4.79 Å². The molecule has 6 rings (SSSR count). The van der Waals surface area contributed by atoms with Crippen molar-refractivity contribution in [2.24, 2.45) is 0 Å². The third-order valence-corrected chi connectivity index (χ3v) is 6.84. The molecule has 1 amide bonds. The molecule has 1 atom stereocenters. The van der Waals surface area contributed by atoms with E-state index in [9.17, 15) is 4.79 Å². The Morgan fingerprint density at radius 1 is 0.938 bits per heavy atom. The Bertz CT molecular complexity index is 1310. The first-order valence-corrected chi connectivity index (χ1v) is 11.4. The van der Waals surface area contributed by atoms with Gasteiger partial charge in [-0.25, -0.2) is 4.68 Å². The minimum absolute atomic E-state index is 0.0452. The topological polar surface area (TPSA) is 65.4 Å². The molecule has 0 saturated heterocycles. The number of para-hydroxylation sites is 1. The summed E-state index contributed by atoms with van der Waals surface area (Å²) >= 11 is 1.59. The second-order valence-electron chi connectivity index (χ2n) is 7.58. The number of carbonyl (C=O) groups is 1. The van der Waals surface area contributed by atoms with Gasteiger partial charge in [-0.05, 0) is 29.8 Å². The van der Waals surface area contributed by atoms with Gasteiger partial charge in [-0.15, -0.1) is 11.8 Å². The fraction of sp³-hybridized carbons (Fsp3) is 0.120. The summed E-state index contributed by atoms with van der Waals surface area (Å²) in [5.74, 6) is 2.47. The Morgan fingerprint density at radius 2 is 1.69 bits per heavy atom. The average molecular weight is 442 g/mol. The molecule has 0 saturated carbocycles. The van der Waals surface area contributed by atoms with Crippen LogP contribution < -0.4 is 14.8 Å². The van der Waals surface area contributed by atoms with Gasteiger partial charge in [0.25, 0.3) is 0 Å². The number of nitrogens with one attached hydrogen (secondary N) is 1. The number of hydrogen-bond acceptors (Lipinski definition) is 5. The zero-order valence-electron chi connectivity index (χ0n) is 17.0. The summed E-state index contributed by atoms with van der Waals surface area (Å²) < 4.78 is 13.0. The summed E-state index contributed by atoms with van der Waals surface area (Å²) in [5, 5.41) is 8.00. The van der Waals surface area contributed by atoms with E-state index in [4.69, 9.17) is 14.6 Å². The summed E-state index contributed by atoms with van der Waals surface area (Å²) in [5.41, 5.74) is 4.77. The first-order chi connectivity index (χ1) is 15.8. The molecule has 2 aliphatic heterocycles. The highest BCUT2D eigenvalue weighted by atomic mass is 32.2. The highest BCUT2D eigenvalue weighted by molar-refractivity contribution is 8.00. The van der Waals surface area contributed by atoms with Crippen molar-refractivity contribution in [3.05, 3.63) is 90.0 Å². The highest BCUT2D eigenvalue weighted by Gasteiger charge is 2.33. The van der Waals surface area contributed by atoms with Crippen LogP contribution in [-0.2, 0) is 4.79 Å². The van der Waals surface area contributed by atoms with Gasteiger partial charge in [0.2, 0.25) is 12.7 Å². The molecule has 1 aromatic heterocycles. The van der Waals surface area contributed by atoms with Crippen molar-refractivity contribution < 1.29 is 14.3 Å². The summed E-state index contributed by atoms with van der Waals surface area (Å²) in [7, 11) is 0. The molecule has 3 aromatic carbocycles. The summed E-state index contributed by atoms with van der Waals surface area (Å²) in [6, 6.07) is 25.9. The average Bonchev–Trinajstić information content (AvgIpc) is 3.41. The molecule has 7 heteroatoms. The van der Waals surface area contributed by atoms with Crippen molar-refractivity contribution in [2.75, 3.05) is 17.9 Å². The normalized spacial score (nSPS) is 16.9. The van der Waals surface area contributed by atoms with Gasteiger partial charge in [0.15, 0.2) is 11.5 Å². The molecule has 0 fully saturated rings. The van der Waals surface area contributed by atoms with Crippen molar-refractivity contribution in [1.82, 2.24) is 9.78 Å². The number of hydrogen-bond donors (Lipinski definition) is 1. The van der Waals surface area contributed by atoms with Crippen molar-refractivity contribution in [3.8, 4) is 28.4 Å². The molecule has 0 spiro atoms. The zero-order valence-corrected chi connectivity index (χ0v) is 17.8. The highest BCUT2D eigenvalue weighted by Crippen LogP contribution is 2.48. The van der Waals surface area contributed by atoms with Crippen LogP contribution in [0.2, 0.25) is 0 Å². The molecule has 0 unspecified atom stereocenters. The van der Waals surface area contributed by atoms with Crippen molar-refractivity contribution >= 4 is 23.5 Å². The Hall–Kier alpha value is -3.71. The summed E-state index contributed by atoms with van der Waals surface area (Å²) in [6.07, 6.45) is 0. The van der Waals surface area contributed by atoms with Crippen LogP contribution in [-0.4, -0.2) is 28.2 Å². The summed E-state index contributed by atoms with van der Waals surface area (Å²) in [6.45, 7) is 0.225. The smallest absolute Gasteiger partial charge is 0.235 e. The van der Waals surface area contributed by atoms with Gasteiger partial charge < -0.3 is 14.8 Å². The molecule has 4 aromatic rings. The van der Waals surface area contributed by atoms with Gasteiger partial charge in [-0.1, -0.05) is 54.6 Å².